The monoisotopic (exact) mass is 288 g/mol. The molecular weight excluding hydrogens is 264 g/mol. The second-order valence-electron chi connectivity index (χ2n) is 6.59. The van der Waals surface area contributed by atoms with Gasteiger partial charge in [-0.3, -0.25) is 0 Å². The Morgan fingerprint density at radius 3 is 2.55 bits per heavy atom. The Hall–Kier alpha value is -1.09. The number of hydrogen-bond donors (Lipinski definition) is 2. The van der Waals surface area contributed by atoms with Gasteiger partial charge in [-0.05, 0) is 75.2 Å². The van der Waals surface area contributed by atoms with Crippen LogP contribution in [0.3, 0.4) is 0 Å². The van der Waals surface area contributed by atoms with E-state index in [0.29, 0.717) is 6.04 Å². The lowest BCUT2D eigenvalue weighted by atomic mass is 9.84. The molecule has 3 heteroatoms. The van der Waals surface area contributed by atoms with Crippen molar-refractivity contribution in [3.8, 4) is 0 Å². The second kappa shape index (κ2) is 5.72. The summed E-state index contributed by atoms with van der Waals surface area (Å²) in [6.45, 7) is 4.38. The van der Waals surface area contributed by atoms with Crippen LogP contribution in [0.1, 0.15) is 38.2 Å². The van der Waals surface area contributed by atoms with Crippen molar-refractivity contribution < 1.29 is 0 Å². The van der Waals surface area contributed by atoms with Crippen LogP contribution in [0.2, 0.25) is 0 Å². The first-order valence-electron chi connectivity index (χ1n) is 7.76. The molecule has 0 radical (unpaired) electrons. The molecule has 0 heterocycles. The number of hydrogen-bond acceptors (Lipinski definition) is 1. The van der Waals surface area contributed by atoms with E-state index in [9.17, 15) is 0 Å². The van der Waals surface area contributed by atoms with Crippen LogP contribution in [-0.4, -0.2) is 11.2 Å². The van der Waals surface area contributed by atoms with Crippen molar-refractivity contribution in [1.82, 2.24) is 5.32 Å². The maximum Gasteiger partial charge on any atom is 0.170 e. The molecule has 108 valence electrons. The Balaban J connectivity index is 1.52. The van der Waals surface area contributed by atoms with Crippen LogP contribution >= 0.6 is 12.2 Å². The lowest BCUT2D eigenvalue weighted by Crippen LogP contribution is -2.42. The van der Waals surface area contributed by atoms with Crippen molar-refractivity contribution in [3.63, 3.8) is 0 Å². The van der Waals surface area contributed by atoms with Crippen molar-refractivity contribution in [2.75, 3.05) is 5.32 Å². The first-order chi connectivity index (χ1) is 9.61. The molecule has 2 nitrogen and oxygen atoms in total. The summed E-state index contributed by atoms with van der Waals surface area (Å²) >= 11 is 5.44. The Bertz CT molecular complexity index is 482. The predicted molar refractivity (Wildman–Crippen MR) is 88.9 cm³/mol. The zero-order chi connectivity index (χ0) is 14.1. The van der Waals surface area contributed by atoms with Crippen molar-refractivity contribution in [3.05, 3.63) is 29.8 Å². The zero-order valence-electron chi connectivity index (χ0n) is 12.4. The molecule has 1 aromatic rings. The van der Waals surface area contributed by atoms with Crippen molar-refractivity contribution >= 4 is 23.0 Å². The topological polar surface area (TPSA) is 24.1 Å². The number of anilines is 1. The highest BCUT2D eigenvalue weighted by Crippen LogP contribution is 2.49. The number of nitrogens with one attached hydrogen (secondary N) is 2. The van der Waals surface area contributed by atoms with Gasteiger partial charge in [0.15, 0.2) is 5.11 Å². The van der Waals surface area contributed by atoms with Gasteiger partial charge in [-0.2, -0.15) is 0 Å². The summed E-state index contributed by atoms with van der Waals surface area (Å²) in [6.07, 6.45) is 5.74. The number of benzene rings is 1. The van der Waals surface area contributed by atoms with Crippen LogP contribution in [0.25, 0.3) is 0 Å². The summed E-state index contributed by atoms with van der Waals surface area (Å²) in [5, 5.41) is 7.53. The fourth-order valence-corrected chi connectivity index (χ4v) is 4.33. The molecule has 3 rings (SSSR count). The predicted octanol–water partition coefficient (Wildman–Crippen LogP) is 4.11. The molecule has 2 saturated carbocycles. The molecule has 0 saturated heterocycles. The minimum absolute atomic E-state index is 0.482. The Morgan fingerprint density at radius 2 is 1.95 bits per heavy atom. The van der Waals surface area contributed by atoms with E-state index in [4.69, 9.17) is 12.2 Å². The van der Waals surface area contributed by atoms with Crippen LogP contribution in [0.4, 0.5) is 5.69 Å². The summed E-state index contributed by atoms with van der Waals surface area (Å²) in [5.41, 5.74) is 2.33. The third-order valence-electron chi connectivity index (χ3n) is 5.10. The van der Waals surface area contributed by atoms with Crippen LogP contribution in [-0.2, 0) is 0 Å². The van der Waals surface area contributed by atoms with Crippen LogP contribution in [0.15, 0.2) is 24.3 Å². The summed E-state index contributed by atoms with van der Waals surface area (Å²) in [4.78, 5) is 0. The lowest BCUT2D eigenvalue weighted by Gasteiger charge is -2.29. The fourth-order valence-electron chi connectivity index (χ4n) is 4.02. The molecule has 1 aromatic carbocycles. The molecule has 2 aliphatic carbocycles. The standard InChI is InChI=1S/C17H24N2S/c1-11-3-7-15(8-4-11)19-17(20)18-12(2)16-10-13-5-6-14(16)9-13/h3-4,7-8,12-14,16H,5-6,9-10H2,1-2H3,(H2,18,19,20). The molecule has 0 aromatic heterocycles. The molecule has 2 N–H and O–H groups in total. The van der Waals surface area contributed by atoms with Gasteiger partial charge in [0.1, 0.15) is 0 Å². The van der Waals surface area contributed by atoms with Gasteiger partial charge in [-0.1, -0.05) is 24.1 Å². The van der Waals surface area contributed by atoms with Gasteiger partial charge in [0.2, 0.25) is 0 Å². The SMILES string of the molecule is Cc1ccc(NC(=S)NC(C)C2CC3CCC2C3)cc1. The number of thiocarbonyl (C=S) groups is 1. The summed E-state index contributed by atoms with van der Waals surface area (Å²) in [5.74, 6) is 2.74. The first-order valence-corrected chi connectivity index (χ1v) is 8.17. The molecule has 4 unspecified atom stereocenters. The molecule has 2 bridgehead atoms. The number of rotatable bonds is 3. The van der Waals surface area contributed by atoms with Crippen molar-refractivity contribution in [1.29, 1.82) is 0 Å². The minimum atomic E-state index is 0.482. The van der Waals surface area contributed by atoms with Gasteiger partial charge in [0.05, 0.1) is 0 Å². The maximum atomic E-state index is 5.44. The van der Waals surface area contributed by atoms with Crippen LogP contribution < -0.4 is 10.6 Å². The van der Waals surface area contributed by atoms with Gasteiger partial charge < -0.3 is 10.6 Å². The van der Waals surface area contributed by atoms with Crippen molar-refractivity contribution in [2.45, 2.75) is 45.6 Å². The molecule has 0 spiro atoms. The lowest BCUT2D eigenvalue weighted by molar-refractivity contribution is 0.279. The van der Waals surface area contributed by atoms with Gasteiger partial charge in [-0.15, -0.1) is 0 Å². The van der Waals surface area contributed by atoms with E-state index in [1.807, 2.05) is 0 Å². The van der Waals surface area contributed by atoms with E-state index in [2.05, 4.69) is 48.7 Å². The summed E-state index contributed by atoms with van der Waals surface area (Å²) in [7, 11) is 0. The minimum Gasteiger partial charge on any atom is -0.360 e. The quantitative estimate of drug-likeness (QED) is 0.819. The fraction of sp³-hybridized carbons (Fsp3) is 0.588. The average molecular weight is 288 g/mol. The van der Waals surface area contributed by atoms with Gasteiger partial charge >= 0.3 is 0 Å². The Morgan fingerprint density at radius 1 is 1.20 bits per heavy atom. The molecule has 2 fully saturated rings. The van der Waals surface area contributed by atoms with Crippen molar-refractivity contribution in [2.24, 2.45) is 17.8 Å². The summed E-state index contributed by atoms with van der Waals surface area (Å²) < 4.78 is 0. The maximum absolute atomic E-state index is 5.44. The molecule has 20 heavy (non-hydrogen) atoms. The highest BCUT2D eigenvalue weighted by molar-refractivity contribution is 7.80. The van der Waals surface area contributed by atoms with E-state index in [1.54, 1.807) is 0 Å². The number of aryl methyl sites for hydroxylation is 1. The zero-order valence-corrected chi connectivity index (χ0v) is 13.2. The van der Waals surface area contributed by atoms with E-state index >= 15 is 0 Å². The molecule has 0 amide bonds. The number of fused-ring (bicyclic) bond motifs is 2. The smallest absolute Gasteiger partial charge is 0.170 e. The van der Waals surface area contributed by atoms with Crippen LogP contribution in [0, 0.1) is 24.7 Å². The van der Waals surface area contributed by atoms with E-state index < -0.39 is 0 Å². The Labute approximate surface area is 127 Å². The average Bonchev–Trinajstić information content (AvgIpc) is 3.03. The molecule has 2 aliphatic rings. The third-order valence-corrected chi connectivity index (χ3v) is 5.32. The van der Waals surface area contributed by atoms with E-state index in [0.717, 1.165) is 28.6 Å². The molecular formula is C17H24N2S. The highest BCUT2D eigenvalue weighted by Gasteiger charge is 2.41. The third kappa shape index (κ3) is 2.98. The largest absolute Gasteiger partial charge is 0.360 e. The summed E-state index contributed by atoms with van der Waals surface area (Å²) in [6, 6.07) is 8.83. The van der Waals surface area contributed by atoms with Gasteiger partial charge in [0.25, 0.3) is 0 Å². The molecule has 0 aliphatic heterocycles. The van der Waals surface area contributed by atoms with E-state index in [-0.39, 0.29) is 0 Å². The molecule has 4 atom stereocenters. The highest BCUT2D eigenvalue weighted by atomic mass is 32.1. The Kier molecular flexibility index (Phi) is 3.97. The van der Waals surface area contributed by atoms with Crippen LogP contribution in [0.5, 0.6) is 0 Å². The normalized spacial score (nSPS) is 29.2. The van der Waals surface area contributed by atoms with Gasteiger partial charge in [0, 0.05) is 11.7 Å². The van der Waals surface area contributed by atoms with E-state index in [1.165, 1.54) is 31.2 Å². The second-order valence-corrected chi connectivity index (χ2v) is 7.00. The van der Waals surface area contributed by atoms with Gasteiger partial charge in [-0.25, -0.2) is 0 Å². The first kappa shape index (κ1) is 13.9.